The van der Waals surface area contributed by atoms with Crippen molar-refractivity contribution in [2.45, 2.75) is 52.4 Å². The van der Waals surface area contributed by atoms with Crippen LogP contribution < -0.4 is 5.32 Å². The smallest absolute Gasteiger partial charge is 0.219 e. The summed E-state index contributed by atoms with van der Waals surface area (Å²) in [5.41, 5.74) is 0. The van der Waals surface area contributed by atoms with Crippen LogP contribution in [0.25, 0.3) is 0 Å². The zero-order valence-corrected chi connectivity index (χ0v) is 10.4. The standard InChI is InChI=1S/C13H23NO2/c1-3-4-13(16)14-9-11-5-7-12(8-6-11)10(2)15/h11-12H,3-9H2,1-2H3,(H,14,16). The van der Waals surface area contributed by atoms with Crippen LogP contribution in [0.1, 0.15) is 52.4 Å². The van der Waals surface area contributed by atoms with Crippen molar-refractivity contribution in [3.63, 3.8) is 0 Å². The van der Waals surface area contributed by atoms with Crippen LogP contribution in [0.4, 0.5) is 0 Å². The summed E-state index contributed by atoms with van der Waals surface area (Å²) in [6.07, 6.45) is 5.70. The molecule has 1 aliphatic carbocycles. The molecule has 0 heterocycles. The predicted molar refractivity (Wildman–Crippen MR) is 64.0 cm³/mol. The maximum Gasteiger partial charge on any atom is 0.219 e. The lowest BCUT2D eigenvalue weighted by Gasteiger charge is -2.27. The summed E-state index contributed by atoms with van der Waals surface area (Å²) in [6.45, 7) is 4.50. The van der Waals surface area contributed by atoms with E-state index in [0.29, 0.717) is 18.1 Å². The van der Waals surface area contributed by atoms with Crippen LogP contribution in [0.3, 0.4) is 0 Å². The Morgan fingerprint density at radius 3 is 2.31 bits per heavy atom. The molecule has 16 heavy (non-hydrogen) atoms. The molecule has 3 heteroatoms. The number of carbonyl (C=O) groups excluding carboxylic acids is 2. The van der Waals surface area contributed by atoms with Crippen LogP contribution in [0, 0.1) is 11.8 Å². The molecule has 0 spiro atoms. The van der Waals surface area contributed by atoms with Gasteiger partial charge in [-0.25, -0.2) is 0 Å². The Labute approximate surface area is 98.0 Å². The van der Waals surface area contributed by atoms with Gasteiger partial charge in [0.15, 0.2) is 0 Å². The number of hydrogen-bond acceptors (Lipinski definition) is 2. The quantitative estimate of drug-likeness (QED) is 0.780. The minimum Gasteiger partial charge on any atom is -0.356 e. The molecule has 0 aromatic carbocycles. The molecule has 1 aliphatic rings. The van der Waals surface area contributed by atoms with Crippen molar-refractivity contribution < 1.29 is 9.59 Å². The zero-order valence-electron chi connectivity index (χ0n) is 10.4. The summed E-state index contributed by atoms with van der Waals surface area (Å²) in [6, 6.07) is 0. The summed E-state index contributed by atoms with van der Waals surface area (Å²) in [5.74, 6) is 1.35. The van der Waals surface area contributed by atoms with Crippen LogP contribution in [-0.4, -0.2) is 18.2 Å². The highest BCUT2D eigenvalue weighted by molar-refractivity contribution is 5.78. The molecule has 1 fully saturated rings. The van der Waals surface area contributed by atoms with Gasteiger partial charge in [-0.3, -0.25) is 9.59 Å². The molecular weight excluding hydrogens is 202 g/mol. The van der Waals surface area contributed by atoms with E-state index in [2.05, 4.69) is 5.32 Å². The molecule has 0 aliphatic heterocycles. The lowest BCUT2D eigenvalue weighted by Crippen LogP contribution is -2.31. The molecule has 92 valence electrons. The van der Waals surface area contributed by atoms with Gasteiger partial charge in [0.2, 0.25) is 5.91 Å². The number of Topliss-reactive ketones (excluding diaryl/α,β-unsaturated/α-hetero) is 1. The maximum atomic E-state index is 11.3. The number of hydrogen-bond donors (Lipinski definition) is 1. The third-order valence-corrected chi connectivity index (χ3v) is 3.49. The van der Waals surface area contributed by atoms with Gasteiger partial charge >= 0.3 is 0 Å². The predicted octanol–water partition coefficient (Wildman–Crippen LogP) is 2.30. The first-order valence-corrected chi connectivity index (χ1v) is 6.40. The number of ketones is 1. The Balaban J connectivity index is 2.17. The lowest BCUT2D eigenvalue weighted by atomic mass is 9.80. The number of amides is 1. The first kappa shape index (κ1) is 13.2. The van der Waals surface area contributed by atoms with E-state index in [1.807, 2.05) is 6.92 Å². The third kappa shape index (κ3) is 4.33. The Morgan fingerprint density at radius 1 is 1.19 bits per heavy atom. The normalized spacial score (nSPS) is 25.1. The fraction of sp³-hybridized carbons (Fsp3) is 0.846. The van der Waals surface area contributed by atoms with Gasteiger partial charge in [0.25, 0.3) is 0 Å². The molecule has 0 atom stereocenters. The summed E-state index contributed by atoms with van der Waals surface area (Å²) < 4.78 is 0. The number of carbonyl (C=O) groups is 2. The van der Waals surface area contributed by atoms with E-state index in [0.717, 1.165) is 38.6 Å². The SMILES string of the molecule is CCCC(=O)NCC1CCC(C(C)=O)CC1. The summed E-state index contributed by atoms with van der Waals surface area (Å²) in [7, 11) is 0. The Kier molecular flexibility index (Phi) is 5.50. The van der Waals surface area contributed by atoms with Crippen molar-refractivity contribution in [1.29, 1.82) is 0 Å². The van der Waals surface area contributed by atoms with E-state index in [-0.39, 0.29) is 11.8 Å². The highest BCUT2D eigenvalue weighted by Gasteiger charge is 2.23. The zero-order chi connectivity index (χ0) is 12.0. The van der Waals surface area contributed by atoms with Crippen molar-refractivity contribution in [1.82, 2.24) is 5.32 Å². The van der Waals surface area contributed by atoms with Crippen molar-refractivity contribution in [3.8, 4) is 0 Å². The van der Waals surface area contributed by atoms with E-state index >= 15 is 0 Å². The molecule has 1 saturated carbocycles. The van der Waals surface area contributed by atoms with Gasteiger partial charge in [0.05, 0.1) is 0 Å². The van der Waals surface area contributed by atoms with Gasteiger partial charge in [-0.05, 0) is 44.9 Å². The first-order chi connectivity index (χ1) is 7.63. The molecule has 1 rings (SSSR count). The summed E-state index contributed by atoms with van der Waals surface area (Å²) in [4.78, 5) is 22.5. The molecular formula is C13H23NO2. The number of rotatable bonds is 5. The maximum absolute atomic E-state index is 11.3. The fourth-order valence-corrected chi connectivity index (χ4v) is 2.35. The van der Waals surface area contributed by atoms with Crippen molar-refractivity contribution in [3.05, 3.63) is 0 Å². The molecule has 0 bridgehead atoms. The Hall–Kier alpha value is -0.860. The van der Waals surface area contributed by atoms with Gasteiger partial charge in [-0.2, -0.15) is 0 Å². The minimum absolute atomic E-state index is 0.163. The van der Waals surface area contributed by atoms with Crippen LogP contribution in [0.15, 0.2) is 0 Å². The van der Waals surface area contributed by atoms with Gasteiger partial charge in [-0.1, -0.05) is 6.92 Å². The molecule has 1 amide bonds. The molecule has 1 N–H and O–H groups in total. The van der Waals surface area contributed by atoms with Gasteiger partial charge in [-0.15, -0.1) is 0 Å². The van der Waals surface area contributed by atoms with Crippen molar-refractivity contribution in [2.75, 3.05) is 6.54 Å². The van der Waals surface area contributed by atoms with E-state index in [4.69, 9.17) is 0 Å². The van der Waals surface area contributed by atoms with Crippen LogP contribution in [0.2, 0.25) is 0 Å². The average Bonchev–Trinajstić information content (AvgIpc) is 2.27. The average molecular weight is 225 g/mol. The Morgan fingerprint density at radius 2 is 1.81 bits per heavy atom. The summed E-state index contributed by atoms with van der Waals surface area (Å²) in [5, 5.41) is 2.97. The summed E-state index contributed by atoms with van der Waals surface area (Å²) >= 11 is 0. The third-order valence-electron chi connectivity index (χ3n) is 3.49. The van der Waals surface area contributed by atoms with Crippen LogP contribution in [0.5, 0.6) is 0 Å². The molecule has 0 unspecified atom stereocenters. The largest absolute Gasteiger partial charge is 0.356 e. The van der Waals surface area contributed by atoms with E-state index in [1.165, 1.54) is 0 Å². The molecule has 0 saturated heterocycles. The van der Waals surface area contributed by atoms with Gasteiger partial charge in [0, 0.05) is 18.9 Å². The van der Waals surface area contributed by atoms with Gasteiger partial charge in [0.1, 0.15) is 5.78 Å². The second-order valence-corrected chi connectivity index (χ2v) is 4.88. The molecule has 0 aromatic heterocycles. The Bertz CT molecular complexity index is 242. The van der Waals surface area contributed by atoms with E-state index in [1.54, 1.807) is 6.92 Å². The van der Waals surface area contributed by atoms with Crippen molar-refractivity contribution in [2.24, 2.45) is 11.8 Å². The second-order valence-electron chi connectivity index (χ2n) is 4.88. The van der Waals surface area contributed by atoms with Gasteiger partial charge < -0.3 is 5.32 Å². The number of nitrogens with one attached hydrogen (secondary N) is 1. The first-order valence-electron chi connectivity index (χ1n) is 6.40. The highest BCUT2D eigenvalue weighted by atomic mass is 16.1. The van der Waals surface area contributed by atoms with E-state index < -0.39 is 0 Å². The second kappa shape index (κ2) is 6.66. The van der Waals surface area contributed by atoms with Crippen LogP contribution in [-0.2, 0) is 9.59 Å². The topological polar surface area (TPSA) is 46.2 Å². The van der Waals surface area contributed by atoms with Crippen LogP contribution >= 0.6 is 0 Å². The molecule has 0 aromatic rings. The van der Waals surface area contributed by atoms with Crippen molar-refractivity contribution >= 4 is 11.7 Å². The molecule has 0 radical (unpaired) electrons. The molecule has 3 nitrogen and oxygen atoms in total. The van der Waals surface area contributed by atoms with E-state index in [9.17, 15) is 9.59 Å². The fourth-order valence-electron chi connectivity index (χ4n) is 2.35. The lowest BCUT2D eigenvalue weighted by molar-refractivity contribution is -0.123. The highest BCUT2D eigenvalue weighted by Crippen LogP contribution is 2.28. The monoisotopic (exact) mass is 225 g/mol. The minimum atomic E-state index is 0.163.